The van der Waals surface area contributed by atoms with Crippen molar-refractivity contribution in [3.8, 4) is 17.3 Å². The van der Waals surface area contributed by atoms with Crippen LogP contribution in [0.1, 0.15) is 36.2 Å². The molecule has 2 N–H and O–H groups in total. The molecular formula is C29H27Cl2F3N6O3. The van der Waals surface area contributed by atoms with Crippen molar-refractivity contribution in [1.29, 1.82) is 5.26 Å². The van der Waals surface area contributed by atoms with Gasteiger partial charge >= 0.3 is 12.1 Å². The second-order valence-electron chi connectivity index (χ2n) is 9.79. The smallest absolute Gasteiger partial charge is 0.475 e. The van der Waals surface area contributed by atoms with Gasteiger partial charge < -0.3 is 15.2 Å². The van der Waals surface area contributed by atoms with E-state index in [-0.39, 0.29) is 0 Å². The molecule has 1 aromatic carbocycles. The molecule has 1 aliphatic heterocycles. The lowest BCUT2D eigenvalue weighted by molar-refractivity contribution is -0.192. The number of aliphatic carboxylic acids is 1. The van der Waals surface area contributed by atoms with E-state index in [1.165, 1.54) is 0 Å². The number of hydrogen-bond acceptors (Lipinski definition) is 7. The summed E-state index contributed by atoms with van der Waals surface area (Å²) in [5.41, 5.74) is 4.94. The first-order valence-corrected chi connectivity index (χ1v) is 14.1. The number of halogens is 5. The zero-order valence-corrected chi connectivity index (χ0v) is 24.3. The average molecular weight is 635 g/mol. The predicted octanol–water partition coefficient (Wildman–Crippen LogP) is 6.62. The fourth-order valence-electron chi connectivity index (χ4n) is 4.45. The van der Waals surface area contributed by atoms with E-state index >= 15 is 0 Å². The van der Waals surface area contributed by atoms with Gasteiger partial charge in [0, 0.05) is 54.5 Å². The molecule has 0 aliphatic carbocycles. The van der Waals surface area contributed by atoms with E-state index in [2.05, 4.69) is 22.6 Å². The number of carboxylic acids is 1. The average Bonchev–Trinajstić information content (AvgIpc) is 3.38. The monoisotopic (exact) mass is 634 g/mol. The van der Waals surface area contributed by atoms with Gasteiger partial charge in [-0.25, -0.2) is 14.8 Å². The van der Waals surface area contributed by atoms with Gasteiger partial charge in [-0.15, -0.1) is 0 Å². The number of alkyl halides is 3. The number of carboxylic acid groups (broad SMARTS) is 1. The Morgan fingerprint density at radius 1 is 1.14 bits per heavy atom. The quantitative estimate of drug-likeness (QED) is 0.207. The maximum atomic E-state index is 10.6. The number of rotatable bonds is 8. The maximum Gasteiger partial charge on any atom is 0.490 e. The fourth-order valence-corrected chi connectivity index (χ4v) is 4.96. The Morgan fingerprint density at radius 2 is 1.88 bits per heavy atom. The molecular weight excluding hydrogens is 608 g/mol. The van der Waals surface area contributed by atoms with E-state index in [1.54, 1.807) is 18.3 Å². The largest absolute Gasteiger partial charge is 0.490 e. The van der Waals surface area contributed by atoms with Gasteiger partial charge in [0.15, 0.2) is 0 Å². The van der Waals surface area contributed by atoms with Gasteiger partial charge in [-0.3, -0.25) is 9.38 Å². The summed E-state index contributed by atoms with van der Waals surface area (Å²) in [6, 6.07) is 13.2. The summed E-state index contributed by atoms with van der Waals surface area (Å²) in [4.78, 5) is 23.1. The van der Waals surface area contributed by atoms with E-state index in [0.29, 0.717) is 34.0 Å². The van der Waals surface area contributed by atoms with Crippen LogP contribution in [-0.2, 0) is 22.4 Å². The molecule has 0 radical (unpaired) electrons. The number of pyridine rings is 1. The standard InChI is InChI=1S/C27H26Cl2N6O.C2HF3O2/c28-20-4-6-23(24(29)13-20)25-14-26-33-22(12-18-7-10-36-11-8-18)17-35(26)27(34-25)31-9-1-2-21-5-3-19(15-30)16-32-21;3-2(4,5)1(6)7/h3-6,13-14,16-18H,1-2,7-12H2,(H,31,34);(H,6,7). The molecule has 14 heteroatoms. The maximum absolute atomic E-state index is 10.6. The molecule has 43 heavy (non-hydrogen) atoms. The fraction of sp³-hybridized carbons (Fsp3) is 0.345. The molecule has 4 aromatic rings. The van der Waals surface area contributed by atoms with Crippen molar-refractivity contribution in [2.45, 2.75) is 38.3 Å². The van der Waals surface area contributed by atoms with Gasteiger partial charge in [-0.05, 0) is 68.4 Å². The molecule has 0 atom stereocenters. The second-order valence-corrected chi connectivity index (χ2v) is 10.6. The highest BCUT2D eigenvalue weighted by Crippen LogP contribution is 2.31. The van der Waals surface area contributed by atoms with Crippen LogP contribution in [-0.4, -0.2) is 56.4 Å². The third-order valence-corrected chi connectivity index (χ3v) is 7.19. The van der Waals surface area contributed by atoms with Crippen molar-refractivity contribution in [2.75, 3.05) is 25.1 Å². The summed E-state index contributed by atoms with van der Waals surface area (Å²) >= 11 is 12.6. The lowest BCUT2D eigenvalue weighted by Gasteiger charge is -2.20. The summed E-state index contributed by atoms with van der Waals surface area (Å²) in [5, 5.41) is 20.7. The van der Waals surface area contributed by atoms with Crippen LogP contribution in [0, 0.1) is 17.2 Å². The van der Waals surface area contributed by atoms with Crippen molar-refractivity contribution >= 4 is 40.8 Å². The first-order valence-electron chi connectivity index (χ1n) is 13.3. The van der Waals surface area contributed by atoms with Crippen LogP contribution in [0.25, 0.3) is 16.9 Å². The van der Waals surface area contributed by atoms with E-state index in [9.17, 15) is 13.2 Å². The van der Waals surface area contributed by atoms with Gasteiger partial charge in [0.05, 0.1) is 22.0 Å². The normalized spacial score (nSPS) is 13.7. The van der Waals surface area contributed by atoms with E-state index in [1.807, 2.05) is 28.7 Å². The summed E-state index contributed by atoms with van der Waals surface area (Å²) < 4.78 is 39.3. The van der Waals surface area contributed by atoms with Gasteiger partial charge in [-0.1, -0.05) is 23.2 Å². The predicted molar refractivity (Wildman–Crippen MR) is 155 cm³/mol. The lowest BCUT2D eigenvalue weighted by Crippen LogP contribution is -2.21. The number of anilines is 1. The molecule has 226 valence electrons. The summed E-state index contributed by atoms with van der Waals surface area (Å²) in [7, 11) is 0. The number of nitrogens with one attached hydrogen (secondary N) is 1. The van der Waals surface area contributed by atoms with Crippen LogP contribution < -0.4 is 5.32 Å². The zero-order chi connectivity index (χ0) is 31.0. The summed E-state index contributed by atoms with van der Waals surface area (Å²) in [5.74, 6) is -1.46. The highest BCUT2D eigenvalue weighted by molar-refractivity contribution is 6.36. The number of hydrogen-bond donors (Lipinski definition) is 2. The third kappa shape index (κ3) is 9.03. The van der Waals surface area contributed by atoms with Crippen molar-refractivity contribution in [1.82, 2.24) is 19.4 Å². The Labute approximate surface area is 255 Å². The molecule has 0 unspecified atom stereocenters. The Hall–Kier alpha value is -3.92. The SMILES string of the molecule is N#Cc1ccc(CCCNc2nc(-c3ccc(Cl)cc3Cl)cc3nc(CC4CCOCC4)cn23)nc1.O=C(O)C(F)(F)F. The molecule has 1 aliphatic rings. The minimum atomic E-state index is -5.08. The van der Waals surface area contributed by atoms with Crippen molar-refractivity contribution in [3.05, 3.63) is 75.8 Å². The first kappa shape index (κ1) is 32.0. The van der Waals surface area contributed by atoms with Crippen LogP contribution in [0.2, 0.25) is 10.0 Å². The minimum absolute atomic E-state index is 0.547. The number of benzene rings is 1. The van der Waals surface area contributed by atoms with Crippen LogP contribution in [0.5, 0.6) is 0 Å². The van der Waals surface area contributed by atoms with E-state index < -0.39 is 12.1 Å². The molecule has 0 spiro atoms. The van der Waals surface area contributed by atoms with Gasteiger partial charge in [0.2, 0.25) is 5.95 Å². The van der Waals surface area contributed by atoms with Crippen LogP contribution in [0.3, 0.4) is 0 Å². The summed E-state index contributed by atoms with van der Waals surface area (Å²) in [6.07, 6.45) is 3.31. The molecule has 0 saturated carbocycles. The van der Waals surface area contributed by atoms with Crippen molar-refractivity contribution in [3.63, 3.8) is 0 Å². The molecule has 4 heterocycles. The van der Waals surface area contributed by atoms with Crippen LogP contribution in [0.4, 0.5) is 19.1 Å². The van der Waals surface area contributed by atoms with Crippen molar-refractivity contribution < 1.29 is 27.8 Å². The van der Waals surface area contributed by atoms with Gasteiger partial charge in [0.1, 0.15) is 11.7 Å². The molecule has 0 bridgehead atoms. The number of fused-ring (bicyclic) bond motifs is 1. The number of ether oxygens (including phenoxy) is 1. The third-order valence-electron chi connectivity index (χ3n) is 6.64. The molecule has 3 aromatic heterocycles. The number of nitriles is 1. The molecule has 9 nitrogen and oxygen atoms in total. The lowest BCUT2D eigenvalue weighted by atomic mass is 9.95. The number of imidazole rings is 1. The molecule has 1 fully saturated rings. The van der Waals surface area contributed by atoms with Crippen molar-refractivity contribution in [2.24, 2.45) is 5.92 Å². The Morgan fingerprint density at radius 3 is 2.51 bits per heavy atom. The first-order chi connectivity index (χ1) is 20.5. The highest BCUT2D eigenvalue weighted by Gasteiger charge is 2.38. The Kier molecular flexibility index (Phi) is 10.8. The number of aryl methyl sites for hydroxylation is 1. The van der Waals surface area contributed by atoms with Gasteiger partial charge in [0.25, 0.3) is 0 Å². The number of nitrogens with zero attached hydrogens (tertiary/aromatic N) is 5. The van der Waals surface area contributed by atoms with Gasteiger partial charge in [-0.2, -0.15) is 18.4 Å². The highest BCUT2D eigenvalue weighted by atomic mass is 35.5. The molecule has 1 saturated heterocycles. The summed E-state index contributed by atoms with van der Waals surface area (Å²) in [6.45, 7) is 2.34. The Bertz CT molecular complexity index is 1600. The zero-order valence-electron chi connectivity index (χ0n) is 22.7. The topological polar surface area (TPSA) is 125 Å². The molecule has 0 amide bonds. The Balaban J connectivity index is 0.000000541. The number of aromatic nitrogens is 4. The van der Waals surface area contributed by atoms with Crippen LogP contribution in [0.15, 0.2) is 48.8 Å². The van der Waals surface area contributed by atoms with E-state index in [0.717, 1.165) is 73.6 Å². The second kappa shape index (κ2) is 14.5. The molecule has 5 rings (SSSR count). The minimum Gasteiger partial charge on any atom is -0.475 e. The van der Waals surface area contributed by atoms with E-state index in [4.69, 9.17) is 53.1 Å². The number of carbonyl (C=O) groups is 1. The van der Waals surface area contributed by atoms with Crippen LogP contribution >= 0.6 is 23.2 Å².